The highest BCUT2D eigenvalue weighted by Gasteiger charge is 2.70. The molecule has 2 N–H and O–H groups in total. The Hall–Kier alpha value is -2.44. The fourth-order valence-corrected chi connectivity index (χ4v) is 5.16. The largest absolute Gasteiger partial charge is 0.390 e. The lowest BCUT2D eigenvalue weighted by Gasteiger charge is -2.25. The number of fused-ring (bicyclic) bond motifs is 2. The first-order valence-corrected chi connectivity index (χ1v) is 9.47. The van der Waals surface area contributed by atoms with Gasteiger partial charge < -0.3 is 19.2 Å². The molecule has 2 fully saturated rings. The minimum absolute atomic E-state index is 0.132. The minimum Gasteiger partial charge on any atom is -0.390 e. The molecular weight excluding hydrogens is 340 g/mol. The molecule has 0 spiro atoms. The van der Waals surface area contributed by atoms with Crippen molar-refractivity contribution in [1.82, 2.24) is 14.0 Å². The summed E-state index contributed by atoms with van der Waals surface area (Å²) in [5, 5.41) is 21.5. The number of rotatable bonds is 5. The molecule has 140 valence electrons. The van der Waals surface area contributed by atoms with Crippen molar-refractivity contribution < 1.29 is 10.2 Å². The van der Waals surface area contributed by atoms with E-state index in [-0.39, 0.29) is 17.4 Å². The van der Waals surface area contributed by atoms with Gasteiger partial charge in [0.05, 0.1) is 12.1 Å². The maximum atomic E-state index is 10.8. The maximum absolute atomic E-state index is 10.8. The third kappa shape index (κ3) is 2.33. The first kappa shape index (κ1) is 16.7. The van der Waals surface area contributed by atoms with Crippen molar-refractivity contribution in [2.75, 3.05) is 0 Å². The highest BCUT2D eigenvalue weighted by molar-refractivity contribution is 5.44. The second-order valence-electron chi connectivity index (χ2n) is 8.06. The van der Waals surface area contributed by atoms with Gasteiger partial charge in [0, 0.05) is 29.7 Å². The van der Waals surface area contributed by atoms with E-state index in [1.165, 1.54) is 5.56 Å². The molecule has 0 aliphatic heterocycles. The third-order valence-electron chi connectivity index (χ3n) is 6.73. The average Bonchev–Trinajstić information content (AvgIpc) is 2.94. The summed E-state index contributed by atoms with van der Waals surface area (Å²) in [5.74, 6) is 1.02. The van der Waals surface area contributed by atoms with Crippen molar-refractivity contribution in [2.24, 2.45) is 16.3 Å². The maximum Gasteiger partial charge on any atom is 0.137 e. The van der Waals surface area contributed by atoms with Crippen LogP contribution in [0, 0.1) is 18.3 Å². The molecule has 3 aromatic rings. The zero-order chi connectivity index (χ0) is 18.8. The van der Waals surface area contributed by atoms with Crippen LogP contribution in [0.2, 0.25) is 0 Å². The third-order valence-corrected chi connectivity index (χ3v) is 6.73. The van der Waals surface area contributed by atoms with Gasteiger partial charge in [-0.2, -0.15) is 0 Å². The highest BCUT2D eigenvalue weighted by Crippen LogP contribution is 2.69. The second kappa shape index (κ2) is 5.78. The number of hydrogen-bond acceptors (Lipinski definition) is 4. The fourth-order valence-electron chi connectivity index (χ4n) is 5.16. The molecular formula is C21H24N4O2. The zero-order valence-electron chi connectivity index (χ0n) is 15.4. The summed E-state index contributed by atoms with van der Waals surface area (Å²) in [5.41, 5.74) is 3.08. The van der Waals surface area contributed by atoms with Gasteiger partial charge in [-0.15, -0.1) is 0 Å². The number of aliphatic imine (C=N–C) groups is 1. The minimum atomic E-state index is -0.769. The van der Waals surface area contributed by atoms with E-state index in [0.717, 1.165) is 36.4 Å². The topological polar surface area (TPSA) is 75.0 Å². The average molecular weight is 364 g/mol. The summed E-state index contributed by atoms with van der Waals surface area (Å²) >= 11 is 0. The number of imidazole rings is 1. The van der Waals surface area contributed by atoms with Crippen LogP contribution in [0.25, 0.3) is 5.65 Å². The zero-order valence-corrected chi connectivity index (χ0v) is 15.4. The smallest absolute Gasteiger partial charge is 0.137 e. The number of aryl methyl sites for hydroxylation is 2. The van der Waals surface area contributed by atoms with Crippen LogP contribution in [0.5, 0.6) is 0 Å². The lowest BCUT2D eigenvalue weighted by atomic mass is 9.91. The van der Waals surface area contributed by atoms with E-state index in [2.05, 4.69) is 39.4 Å². The van der Waals surface area contributed by atoms with E-state index in [1.54, 1.807) is 0 Å². The Morgan fingerprint density at radius 2 is 2.19 bits per heavy atom. The van der Waals surface area contributed by atoms with Crippen LogP contribution in [-0.4, -0.2) is 43.1 Å². The van der Waals surface area contributed by atoms with Gasteiger partial charge in [0.2, 0.25) is 0 Å². The van der Waals surface area contributed by atoms with Gasteiger partial charge in [-0.3, -0.25) is 0 Å². The predicted octanol–water partition coefficient (Wildman–Crippen LogP) is 2.69. The normalized spacial score (nSPS) is 32.0. The summed E-state index contributed by atoms with van der Waals surface area (Å²) in [6.07, 6.45) is 7.05. The molecule has 5 rings (SSSR count). The predicted molar refractivity (Wildman–Crippen MR) is 103 cm³/mol. The molecule has 0 radical (unpaired) electrons. The molecule has 6 heteroatoms. The number of aromatic nitrogens is 3. The summed E-state index contributed by atoms with van der Waals surface area (Å²) in [6, 6.07) is 7.90. The highest BCUT2D eigenvalue weighted by atomic mass is 16.3. The number of hydrogen-bond donors (Lipinski definition) is 2. The molecule has 3 heterocycles. The van der Waals surface area contributed by atoms with Crippen LogP contribution in [0.4, 0.5) is 5.82 Å². The lowest BCUT2D eigenvalue weighted by molar-refractivity contribution is -0.0194. The van der Waals surface area contributed by atoms with E-state index in [4.69, 9.17) is 0 Å². The number of aliphatic hydroxyl groups is 2. The monoisotopic (exact) mass is 364 g/mol. The van der Waals surface area contributed by atoms with Crippen LogP contribution in [-0.2, 0) is 6.42 Å². The molecule has 2 saturated carbocycles. The molecule has 0 saturated heterocycles. The van der Waals surface area contributed by atoms with Gasteiger partial charge in [-0.25, -0.2) is 9.98 Å². The van der Waals surface area contributed by atoms with Gasteiger partial charge >= 0.3 is 0 Å². The standard InChI is InChI=1S/C21H24N4O2/c1-13-12-23-17-10-14(6-9-24(13)17)5-7-21-11-15(21)18(19(26)20(21)27)25-8-3-4-16(25)22-2/h3-4,6,8-10,12,15,18-20,26-27H,2,5,7,11H2,1H3/t15-,18-,19+,20+,21+/m1/s1. The van der Waals surface area contributed by atoms with Crippen molar-refractivity contribution in [3.63, 3.8) is 0 Å². The molecule has 2 aliphatic carbocycles. The summed E-state index contributed by atoms with van der Waals surface area (Å²) < 4.78 is 4.04. The molecule has 0 bridgehead atoms. The van der Waals surface area contributed by atoms with Gasteiger partial charge in [0.15, 0.2) is 0 Å². The molecule has 0 aromatic carbocycles. The molecule has 3 aromatic heterocycles. The van der Waals surface area contributed by atoms with Crippen LogP contribution < -0.4 is 0 Å². The van der Waals surface area contributed by atoms with E-state index in [1.807, 2.05) is 36.0 Å². The second-order valence-corrected chi connectivity index (χ2v) is 8.06. The van der Waals surface area contributed by atoms with Crippen molar-refractivity contribution in [3.05, 3.63) is 54.1 Å². The molecule has 0 amide bonds. The van der Waals surface area contributed by atoms with Crippen molar-refractivity contribution >= 4 is 18.2 Å². The van der Waals surface area contributed by atoms with Crippen LogP contribution in [0.15, 0.2) is 47.8 Å². The van der Waals surface area contributed by atoms with Gasteiger partial charge in [-0.05, 0) is 68.7 Å². The first-order valence-electron chi connectivity index (χ1n) is 9.47. The summed E-state index contributed by atoms with van der Waals surface area (Å²) in [4.78, 5) is 8.48. The number of pyridine rings is 1. The lowest BCUT2D eigenvalue weighted by Crippen LogP contribution is -2.34. The molecule has 2 aliphatic rings. The summed E-state index contributed by atoms with van der Waals surface area (Å²) in [7, 11) is 0. The van der Waals surface area contributed by atoms with Crippen molar-refractivity contribution in [1.29, 1.82) is 0 Å². The van der Waals surface area contributed by atoms with E-state index in [0.29, 0.717) is 0 Å². The van der Waals surface area contributed by atoms with Crippen LogP contribution in [0.3, 0.4) is 0 Å². The molecule has 27 heavy (non-hydrogen) atoms. The van der Waals surface area contributed by atoms with Crippen molar-refractivity contribution in [3.8, 4) is 0 Å². The van der Waals surface area contributed by atoms with Crippen LogP contribution >= 0.6 is 0 Å². The number of aliphatic hydroxyl groups excluding tert-OH is 2. The Balaban J connectivity index is 1.37. The van der Waals surface area contributed by atoms with Gasteiger partial charge in [0.1, 0.15) is 17.6 Å². The Morgan fingerprint density at radius 3 is 3.00 bits per heavy atom. The van der Waals surface area contributed by atoms with E-state index < -0.39 is 12.2 Å². The molecule has 5 atom stereocenters. The first-order chi connectivity index (χ1) is 13.0. The SMILES string of the molecule is C=Nc1cccn1[C@H]1[C@H](O)[C@H](O)[C@@]2(CCc3ccn4c(C)cnc4c3)C[C@H]12. The fraction of sp³-hybridized carbons (Fsp3) is 0.429. The van der Waals surface area contributed by atoms with E-state index in [9.17, 15) is 10.2 Å². The Bertz CT molecular complexity index is 1020. The van der Waals surface area contributed by atoms with Crippen molar-refractivity contribution in [2.45, 2.75) is 44.4 Å². The Kier molecular flexibility index (Phi) is 3.58. The molecule has 6 nitrogen and oxygen atoms in total. The Labute approximate surface area is 157 Å². The molecule has 0 unspecified atom stereocenters. The quantitative estimate of drug-likeness (QED) is 0.684. The van der Waals surface area contributed by atoms with E-state index >= 15 is 0 Å². The summed E-state index contributed by atoms with van der Waals surface area (Å²) in [6.45, 7) is 5.65. The van der Waals surface area contributed by atoms with Gasteiger partial charge in [0.25, 0.3) is 0 Å². The number of nitrogens with zero attached hydrogens (tertiary/aromatic N) is 4. The Morgan fingerprint density at radius 1 is 1.33 bits per heavy atom. The van der Waals surface area contributed by atoms with Crippen LogP contribution in [0.1, 0.15) is 30.1 Å². The van der Waals surface area contributed by atoms with Gasteiger partial charge in [-0.1, -0.05) is 0 Å².